The molecular formula is C17H25N3O. The van der Waals surface area contributed by atoms with E-state index in [1.807, 2.05) is 6.07 Å². The van der Waals surface area contributed by atoms with E-state index in [1.165, 1.54) is 5.56 Å². The van der Waals surface area contributed by atoms with E-state index in [-0.39, 0.29) is 5.92 Å². The molecule has 114 valence electrons. The maximum atomic E-state index is 12.7. The molecule has 2 saturated heterocycles. The molecule has 2 fully saturated rings. The van der Waals surface area contributed by atoms with Crippen molar-refractivity contribution < 1.29 is 4.79 Å². The Morgan fingerprint density at radius 1 is 1.14 bits per heavy atom. The minimum atomic E-state index is 0.228. The number of carbonyl (C=O) groups excluding carboxylic acids is 1. The van der Waals surface area contributed by atoms with Gasteiger partial charge in [-0.1, -0.05) is 30.3 Å². The van der Waals surface area contributed by atoms with Gasteiger partial charge in [0.05, 0.1) is 6.04 Å². The van der Waals surface area contributed by atoms with Crippen LogP contribution in [0.3, 0.4) is 0 Å². The number of rotatable bonds is 2. The van der Waals surface area contributed by atoms with Gasteiger partial charge in [0.2, 0.25) is 5.91 Å². The number of hydrogen-bond acceptors (Lipinski definition) is 3. The van der Waals surface area contributed by atoms with Crippen LogP contribution in [-0.4, -0.2) is 55.5 Å². The van der Waals surface area contributed by atoms with Crippen molar-refractivity contribution in [2.75, 3.05) is 39.8 Å². The van der Waals surface area contributed by atoms with Crippen molar-refractivity contribution in [2.24, 2.45) is 5.92 Å². The van der Waals surface area contributed by atoms with Crippen molar-refractivity contribution in [3.8, 4) is 0 Å². The van der Waals surface area contributed by atoms with Gasteiger partial charge in [0.25, 0.3) is 0 Å². The fourth-order valence-corrected chi connectivity index (χ4v) is 3.44. The largest absolute Gasteiger partial charge is 0.339 e. The molecule has 2 heterocycles. The summed E-state index contributed by atoms with van der Waals surface area (Å²) in [7, 11) is 2.16. The lowest BCUT2D eigenvalue weighted by Gasteiger charge is -2.41. The predicted molar refractivity (Wildman–Crippen MR) is 84.0 cm³/mol. The Bertz CT molecular complexity index is 470. The van der Waals surface area contributed by atoms with Gasteiger partial charge in [0.15, 0.2) is 0 Å². The van der Waals surface area contributed by atoms with E-state index in [4.69, 9.17) is 0 Å². The Morgan fingerprint density at radius 2 is 1.86 bits per heavy atom. The van der Waals surface area contributed by atoms with Crippen molar-refractivity contribution in [2.45, 2.75) is 18.9 Å². The first-order chi connectivity index (χ1) is 10.3. The SMILES string of the molecule is CN1CCN(C(=O)C2CCNCC2)C[C@H]1c1ccccc1. The standard InChI is InChI=1S/C17H25N3O/c1-19-11-12-20(17(21)15-7-9-18-10-8-15)13-16(19)14-5-3-2-4-6-14/h2-6,15-16,18H,7-13H2,1H3/t16-/m0/s1. The number of nitrogens with zero attached hydrogens (tertiary/aromatic N) is 2. The Balaban J connectivity index is 1.69. The average Bonchev–Trinajstić information content (AvgIpc) is 2.56. The molecule has 1 N–H and O–H groups in total. The van der Waals surface area contributed by atoms with Crippen molar-refractivity contribution in [3.05, 3.63) is 35.9 Å². The van der Waals surface area contributed by atoms with Crippen LogP contribution in [0.15, 0.2) is 30.3 Å². The van der Waals surface area contributed by atoms with Crippen LogP contribution in [0.1, 0.15) is 24.4 Å². The molecule has 2 aliphatic rings. The third-order valence-corrected chi connectivity index (χ3v) is 4.83. The molecule has 0 aromatic heterocycles. The molecule has 1 aromatic carbocycles. The molecule has 21 heavy (non-hydrogen) atoms. The van der Waals surface area contributed by atoms with Crippen LogP contribution in [0.5, 0.6) is 0 Å². The van der Waals surface area contributed by atoms with Crippen molar-refractivity contribution in [1.82, 2.24) is 15.1 Å². The van der Waals surface area contributed by atoms with E-state index in [1.54, 1.807) is 0 Å². The molecule has 0 bridgehead atoms. The molecular weight excluding hydrogens is 262 g/mol. The van der Waals surface area contributed by atoms with Crippen LogP contribution in [0.4, 0.5) is 0 Å². The van der Waals surface area contributed by atoms with Gasteiger partial charge in [-0.25, -0.2) is 0 Å². The van der Waals surface area contributed by atoms with Gasteiger partial charge in [-0.05, 0) is 38.5 Å². The molecule has 0 spiro atoms. The maximum Gasteiger partial charge on any atom is 0.225 e. The van der Waals surface area contributed by atoms with Gasteiger partial charge in [-0.15, -0.1) is 0 Å². The topological polar surface area (TPSA) is 35.6 Å². The fourth-order valence-electron chi connectivity index (χ4n) is 3.44. The highest BCUT2D eigenvalue weighted by atomic mass is 16.2. The highest BCUT2D eigenvalue weighted by molar-refractivity contribution is 5.79. The second kappa shape index (κ2) is 6.58. The zero-order valence-electron chi connectivity index (χ0n) is 12.8. The van der Waals surface area contributed by atoms with Gasteiger partial charge in [0, 0.05) is 25.6 Å². The van der Waals surface area contributed by atoms with E-state index in [2.05, 4.69) is 46.4 Å². The number of amides is 1. The summed E-state index contributed by atoms with van der Waals surface area (Å²) in [6, 6.07) is 10.9. The summed E-state index contributed by atoms with van der Waals surface area (Å²) in [5.41, 5.74) is 1.31. The molecule has 0 aliphatic carbocycles. The molecule has 0 unspecified atom stereocenters. The smallest absolute Gasteiger partial charge is 0.225 e. The zero-order chi connectivity index (χ0) is 14.7. The third kappa shape index (κ3) is 3.27. The summed E-state index contributed by atoms with van der Waals surface area (Å²) < 4.78 is 0. The lowest BCUT2D eigenvalue weighted by molar-refractivity contribution is -0.139. The van der Waals surface area contributed by atoms with E-state index >= 15 is 0 Å². The van der Waals surface area contributed by atoms with Crippen molar-refractivity contribution in [3.63, 3.8) is 0 Å². The minimum Gasteiger partial charge on any atom is -0.339 e. The number of nitrogens with one attached hydrogen (secondary N) is 1. The first-order valence-electron chi connectivity index (χ1n) is 8.00. The number of likely N-dealkylation sites (N-methyl/N-ethyl adjacent to an activating group) is 1. The Kier molecular flexibility index (Phi) is 4.56. The van der Waals surface area contributed by atoms with Crippen LogP contribution < -0.4 is 5.32 Å². The van der Waals surface area contributed by atoms with Crippen LogP contribution in [0, 0.1) is 5.92 Å². The minimum absolute atomic E-state index is 0.228. The van der Waals surface area contributed by atoms with Crippen LogP contribution >= 0.6 is 0 Å². The molecule has 1 atom stereocenters. The maximum absolute atomic E-state index is 12.7. The first-order valence-corrected chi connectivity index (χ1v) is 8.00. The van der Waals surface area contributed by atoms with E-state index < -0.39 is 0 Å². The van der Waals surface area contributed by atoms with Gasteiger partial charge in [-0.2, -0.15) is 0 Å². The summed E-state index contributed by atoms with van der Waals surface area (Å²) in [6.07, 6.45) is 1.97. The second-order valence-electron chi connectivity index (χ2n) is 6.22. The fraction of sp³-hybridized carbons (Fsp3) is 0.588. The summed E-state index contributed by atoms with van der Waals surface area (Å²) in [6.45, 7) is 4.60. The van der Waals surface area contributed by atoms with Gasteiger partial charge < -0.3 is 10.2 Å². The molecule has 0 radical (unpaired) electrons. The van der Waals surface area contributed by atoms with Crippen LogP contribution in [0.25, 0.3) is 0 Å². The monoisotopic (exact) mass is 287 g/mol. The Hall–Kier alpha value is -1.39. The first kappa shape index (κ1) is 14.5. The molecule has 4 heteroatoms. The second-order valence-corrected chi connectivity index (χ2v) is 6.22. The van der Waals surface area contributed by atoms with Crippen LogP contribution in [-0.2, 0) is 4.79 Å². The predicted octanol–water partition coefficient (Wildman–Crippen LogP) is 1.50. The lowest BCUT2D eigenvalue weighted by atomic mass is 9.95. The average molecular weight is 287 g/mol. The lowest BCUT2D eigenvalue weighted by Crippen LogP contribution is -2.51. The number of piperidine rings is 1. The van der Waals surface area contributed by atoms with E-state index in [0.717, 1.165) is 45.6 Å². The van der Waals surface area contributed by atoms with Gasteiger partial charge in [-0.3, -0.25) is 9.69 Å². The number of piperazine rings is 1. The number of carbonyl (C=O) groups is 1. The third-order valence-electron chi connectivity index (χ3n) is 4.83. The quantitative estimate of drug-likeness (QED) is 0.895. The van der Waals surface area contributed by atoms with Crippen molar-refractivity contribution >= 4 is 5.91 Å². The Morgan fingerprint density at radius 3 is 2.57 bits per heavy atom. The number of benzene rings is 1. The molecule has 1 amide bonds. The Labute approximate surface area is 127 Å². The van der Waals surface area contributed by atoms with Gasteiger partial charge >= 0.3 is 0 Å². The zero-order valence-corrected chi connectivity index (χ0v) is 12.8. The number of hydrogen-bond donors (Lipinski definition) is 1. The van der Waals surface area contributed by atoms with E-state index in [9.17, 15) is 4.79 Å². The highest BCUT2D eigenvalue weighted by Gasteiger charge is 2.32. The summed E-state index contributed by atoms with van der Waals surface area (Å²) in [5, 5.41) is 3.34. The van der Waals surface area contributed by atoms with Crippen LogP contribution in [0.2, 0.25) is 0 Å². The normalized spacial score (nSPS) is 25.0. The molecule has 3 rings (SSSR count). The molecule has 1 aromatic rings. The molecule has 2 aliphatic heterocycles. The highest BCUT2D eigenvalue weighted by Crippen LogP contribution is 2.26. The molecule has 4 nitrogen and oxygen atoms in total. The summed E-state index contributed by atoms with van der Waals surface area (Å²) in [5.74, 6) is 0.594. The summed E-state index contributed by atoms with van der Waals surface area (Å²) in [4.78, 5) is 17.2. The van der Waals surface area contributed by atoms with E-state index in [0.29, 0.717) is 11.9 Å². The summed E-state index contributed by atoms with van der Waals surface area (Å²) >= 11 is 0. The van der Waals surface area contributed by atoms with Gasteiger partial charge in [0.1, 0.15) is 0 Å². The molecule has 0 saturated carbocycles. The van der Waals surface area contributed by atoms with Crippen molar-refractivity contribution in [1.29, 1.82) is 0 Å².